The number of nitrogens with zero attached hydrogens (tertiary/aromatic N) is 1. The average molecular weight is 440 g/mol. The second-order valence-electron chi connectivity index (χ2n) is 7.95. The molecule has 1 aliphatic rings. The SMILES string of the molecule is CCCCOc1cccc(C2c3c(oc4cc(C)c(Cl)cc4c3=O)C(=O)N2CCC)c1. The van der Waals surface area contributed by atoms with Crippen molar-refractivity contribution in [2.75, 3.05) is 13.2 Å². The van der Waals surface area contributed by atoms with Gasteiger partial charge in [-0.2, -0.15) is 0 Å². The Labute approximate surface area is 186 Å². The molecule has 1 atom stereocenters. The van der Waals surface area contributed by atoms with Crippen LogP contribution in [0.25, 0.3) is 11.0 Å². The molecule has 0 fully saturated rings. The van der Waals surface area contributed by atoms with Crippen LogP contribution < -0.4 is 10.2 Å². The van der Waals surface area contributed by atoms with Crippen LogP contribution in [0.1, 0.15) is 66.4 Å². The number of rotatable bonds is 7. The van der Waals surface area contributed by atoms with E-state index >= 15 is 0 Å². The minimum atomic E-state index is -0.516. The third kappa shape index (κ3) is 3.83. The van der Waals surface area contributed by atoms with Crippen molar-refractivity contribution in [2.24, 2.45) is 0 Å². The van der Waals surface area contributed by atoms with E-state index in [4.69, 9.17) is 20.8 Å². The Morgan fingerprint density at radius 3 is 2.68 bits per heavy atom. The zero-order chi connectivity index (χ0) is 22.1. The highest BCUT2D eigenvalue weighted by Gasteiger charge is 2.42. The molecule has 0 saturated carbocycles. The summed E-state index contributed by atoms with van der Waals surface area (Å²) in [5, 5.41) is 0.887. The molecule has 3 aromatic rings. The van der Waals surface area contributed by atoms with Crippen molar-refractivity contribution < 1.29 is 13.9 Å². The number of unbranched alkanes of at least 4 members (excludes halogenated alkanes) is 1. The summed E-state index contributed by atoms with van der Waals surface area (Å²) in [7, 11) is 0. The number of benzene rings is 2. The van der Waals surface area contributed by atoms with E-state index in [1.54, 1.807) is 17.0 Å². The van der Waals surface area contributed by atoms with Crippen molar-refractivity contribution in [3.63, 3.8) is 0 Å². The van der Waals surface area contributed by atoms with Crippen molar-refractivity contribution in [1.82, 2.24) is 4.90 Å². The van der Waals surface area contributed by atoms with Crippen LogP contribution in [-0.2, 0) is 0 Å². The molecule has 31 heavy (non-hydrogen) atoms. The van der Waals surface area contributed by atoms with Crippen LogP contribution in [0, 0.1) is 6.92 Å². The van der Waals surface area contributed by atoms with Crippen LogP contribution in [0.15, 0.2) is 45.6 Å². The summed E-state index contributed by atoms with van der Waals surface area (Å²) in [6.45, 7) is 7.11. The first-order valence-corrected chi connectivity index (χ1v) is 11.1. The van der Waals surface area contributed by atoms with E-state index in [0.29, 0.717) is 34.7 Å². The Bertz CT molecular complexity index is 1200. The van der Waals surface area contributed by atoms with E-state index in [2.05, 4.69) is 6.92 Å². The van der Waals surface area contributed by atoms with Crippen molar-refractivity contribution in [3.05, 3.63) is 74.1 Å². The van der Waals surface area contributed by atoms with Gasteiger partial charge in [-0.15, -0.1) is 0 Å². The number of carbonyl (C=O) groups is 1. The lowest BCUT2D eigenvalue weighted by Crippen LogP contribution is -2.30. The maximum atomic E-state index is 13.5. The molecule has 0 aliphatic carbocycles. The molecule has 6 heteroatoms. The van der Waals surface area contributed by atoms with Crippen LogP contribution in [0.5, 0.6) is 5.75 Å². The van der Waals surface area contributed by atoms with Gasteiger partial charge in [0.2, 0.25) is 5.76 Å². The van der Waals surface area contributed by atoms with Crippen molar-refractivity contribution in [1.29, 1.82) is 0 Å². The smallest absolute Gasteiger partial charge is 0.290 e. The van der Waals surface area contributed by atoms with E-state index in [0.717, 1.165) is 36.1 Å². The topological polar surface area (TPSA) is 59.8 Å². The van der Waals surface area contributed by atoms with Crippen molar-refractivity contribution in [2.45, 2.75) is 46.1 Å². The summed E-state index contributed by atoms with van der Waals surface area (Å²) in [6.07, 6.45) is 2.78. The summed E-state index contributed by atoms with van der Waals surface area (Å²) < 4.78 is 11.9. The highest BCUT2D eigenvalue weighted by atomic mass is 35.5. The van der Waals surface area contributed by atoms with E-state index in [-0.39, 0.29) is 17.1 Å². The fourth-order valence-electron chi connectivity index (χ4n) is 4.07. The lowest BCUT2D eigenvalue weighted by atomic mass is 9.98. The Kier molecular flexibility index (Phi) is 6.05. The fraction of sp³-hybridized carbons (Fsp3) is 0.360. The molecule has 0 saturated heterocycles. The first-order valence-electron chi connectivity index (χ1n) is 10.8. The molecule has 2 heterocycles. The maximum Gasteiger partial charge on any atom is 0.290 e. The molecule has 1 unspecified atom stereocenters. The van der Waals surface area contributed by atoms with Crippen LogP contribution in [0.3, 0.4) is 0 Å². The van der Waals surface area contributed by atoms with Gasteiger partial charge in [0.15, 0.2) is 5.43 Å². The summed E-state index contributed by atoms with van der Waals surface area (Å²) in [5.41, 5.74) is 2.16. The zero-order valence-corrected chi connectivity index (χ0v) is 18.8. The third-order valence-electron chi connectivity index (χ3n) is 5.65. The Morgan fingerprint density at radius 2 is 1.94 bits per heavy atom. The minimum absolute atomic E-state index is 0.120. The Morgan fingerprint density at radius 1 is 1.13 bits per heavy atom. The van der Waals surface area contributed by atoms with Gasteiger partial charge in [0.1, 0.15) is 11.3 Å². The Balaban J connectivity index is 1.88. The molecule has 2 aromatic carbocycles. The standard InChI is InChI=1S/C25H26ClNO4/c1-4-6-11-30-17-9-7-8-16(13-17)22-21-23(28)18-14-19(26)15(3)12-20(18)31-24(21)25(29)27(22)10-5-2/h7-9,12-14,22H,4-6,10-11H2,1-3H3. The van der Waals surface area contributed by atoms with Crippen molar-refractivity contribution >= 4 is 28.5 Å². The molecule has 0 bridgehead atoms. The molecular formula is C25H26ClNO4. The number of carbonyl (C=O) groups excluding carboxylic acids is 1. The first-order chi connectivity index (χ1) is 15.0. The van der Waals surface area contributed by atoms with Crippen LogP contribution >= 0.6 is 11.6 Å². The second-order valence-corrected chi connectivity index (χ2v) is 8.35. The monoisotopic (exact) mass is 439 g/mol. The number of hydrogen-bond acceptors (Lipinski definition) is 4. The summed E-state index contributed by atoms with van der Waals surface area (Å²) in [6, 6.07) is 10.5. The zero-order valence-electron chi connectivity index (χ0n) is 18.0. The molecule has 4 rings (SSSR count). The number of halogens is 1. The molecule has 162 valence electrons. The number of fused-ring (bicyclic) bond motifs is 2. The Hall–Kier alpha value is -2.79. The molecule has 0 N–H and O–H groups in total. The first kappa shape index (κ1) is 21.4. The molecule has 5 nitrogen and oxygen atoms in total. The number of amides is 1. The van der Waals surface area contributed by atoms with E-state index in [9.17, 15) is 9.59 Å². The van der Waals surface area contributed by atoms with E-state index in [1.807, 2.05) is 38.1 Å². The van der Waals surface area contributed by atoms with Gasteiger partial charge in [-0.3, -0.25) is 9.59 Å². The van der Waals surface area contributed by atoms with E-state index < -0.39 is 6.04 Å². The largest absolute Gasteiger partial charge is 0.494 e. The molecule has 0 spiro atoms. The predicted octanol–water partition coefficient (Wildman–Crippen LogP) is 5.89. The van der Waals surface area contributed by atoms with Crippen molar-refractivity contribution in [3.8, 4) is 5.75 Å². The van der Waals surface area contributed by atoms with Gasteiger partial charge in [0, 0.05) is 11.6 Å². The summed E-state index contributed by atoms with van der Waals surface area (Å²) >= 11 is 6.28. The third-order valence-corrected chi connectivity index (χ3v) is 6.06. The summed E-state index contributed by atoms with van der Waals surface area (Å²) in [5.74, 6) is 0.591. The molecule has 1 amide bonds. The van der Waals surface area contributed by atoms with Crippen LogP contribution in [-0.4, -0.2) is 24.0 Å². The number of aryl methyl sites for hydroxylation is 1. The fourth-order valence-corrected chi connectivity index (χ4v) is 4.23. The molecular weight excluding hydrogens is 414 g/mol. The highest BCUT2D eigenvalue weighted by Crippen LogP contribution is 2.39. The lowest BCUT2D eigenvalue weighted by molar-refractivity contribution is 0.0728. The lowest BCUT2D eigenvalue weighted by Gasteiger charge is -2.25. The van der Waals surface area contributed by atoms with Gasteiger partial charge in [-0.25, -0.2) is 0 Å². The van der Waals surface area contributed by atoms with Gasteiger partial charge in [0.25, 0.3) is 5.91 Å². The average Bonchev–Trinajstić information content (AvgIpc) is 3.03. The van der Waals surface area contributed by atoms with Crippen LogP contribution in [0.2, 0.25) is 5.02 Å². The number of ether oxygens (including phenoxy) is 1. The molecule has 1 aliphatic heterocycles. The number of hydrogen-bond donors (Lipinski definition) is 0. The van der Waals surface area contributed by atoms with Gasteiger partial charge in [0.05, 0.1) is 23.6 Å². The summed E-state index contributed by atoms with van der Waals surface area (Å²) in [4.78, 5) is 28.5. The van der Waals surface area contributed by atoms with E-state index in [1.165, 1.54) is 0 Å². The molecule has 0 radical (unpaired) electrons. The molecule has 1 aromatic heterocycles. The van der Waals surface area contributed by atoms with Gasteiger partial charge in [-0.05, 0) is 55.2 Å². The van der Waals surface area contributed by atoms with Gasteiger partial charge in [-0.1, -0.05) is 44.0 Å². The normalized spacial score (nSPS) is 15.5. The van der Waals surface area contributed by atoms with Gasteiger partial charge < -0.3 is 14.1 Å². The quantitative estimate of drug-likeness (QED) is 0.431. The van der Waals surface area contributed by atoms with Crippen LogP contribution in [0.4, 0.5) is 0 Å². The second kappa shape index (κ2) is 8.75. The highest BCUT2D eigenvalue weighted by molar-refractivity contribution is 6.32. The van der Waals surface area contributed by atoms with Gasteiger partial charge >= 0.3 is 0 Å². The predicted molar refractivity (Wildman–Crippen MR) is 122 cm³/mol. The minimum Gasteiger partial charge on any atom is -0.494 e. The maximum absolute atomic E-state index is 13.5.